The first kappa shape index (κ1) is 18.0. The number of halogens is 1. The smallest absolute Gasteiger partial charge is 0.326 e. The average molecular weight is 371 g/mol. The van der Waals surface area contributed by atoms with Gasteiger partial charge in [-0.25, -0.2) is 0 Å². The molecule has 1 heterocycles. The first-order chi connectivity index (χ1) is 11.3. The molecule has 0 atom stereocenters. The van der Waals surface area contributed by atoms with Crippen molar-refractivity contribution in [3.8, 4) is 0 Å². The van der Waals surface area contributed by atoms with Crippen LogP contribution in [-0.4, -0.2) is 40.1 Å². The highest BCUT2D eigenvalue weighted by molar-refractivity contribution is 8.18. The van der Waals surface area contributed by atoms with E-state index in [4.69, 9.17) is 16.3 Å². The van der Waals surface area contributed by atoms with Gasteiger partial charge < -0.3 is 4.74 Å². The SMILES string of the molecule is CCOC(=O)CN1C(=O)S/C(=C/c2cc([N+](=O)[O-])ccc2Cl)C1=O. The summed E-state index contributed by atoms with van der Waals surface area (Å²) < 4.78 is 4.71. The minimum Gasteiger partial charge on any atom is -0.465 e. The summed E-state index contributed by atoms with van der Waals surface area (Å²) in [4.78, 5) is 46.5. The predicted molar refractivity (Wildman–Crippen MR) is 87.4 cm³/mol. The van der Waals surface area contributed by atoms with Crippen molar-refractivity contribution < 1.29 is 24.0 Å². The number of rotatable bonds is 5. The molecule has 0 aliphatic carbocycles. The summed E-state index contributed by atoms with van der Waals surface area (Å²) in [5.41, 5.74) is 0.0314. The van der Waals surface area contributed by atoms with Gasteiger partial charge in [0.1, 0.15) is 6.54 Å². The number of ether oxygens (including phenoxy) is 1. The average Bonchev–Trinajstić information content (AvgIpc) is 2.77. The summed E-state index contributed by atoms with van der Waals surface area (Å²) in [5.74, 6) is -1.38. The molecule has 0 saturated carbocycles. The Bertz CT molecular complexity index is 764. The number of amides is 2. The van der Waals surface area contributed by atoms with Crippen molar-refractivity contribution in [2.24, 2.45) is 0 Å². The van der Waals surface area contributed by atoms with Gasteiger partial charge in [0.25, 0.3) is 16.8 Å². The summed E-state index contributed by atoms with van der Waals surface area (Å²) in [6.45, 7) is 1.25. The molecule has 1 fully saturated rings. The zero-order chi connectivity index (χ0) is 17.9. The van der Waals surface area contributed by atoms with E-state index in [2.05, 4.69) is 0 Å². The summed E-state index contributed by atoms with van der Waals surface area (Å²) >= 11 is 6.59. The van der Waals surface area contributed by atoms with E-state index in [9.17, 15) is 24.5 Å². The maximum absolute atomic E-state index is 12.2. The molecule has 24 heavy (non-hydrogen) atoms. The Morgan fingerprint density at radius 3 is 2.79 bits per heavy atom. The predicted octanol–water partition coefficient (Wildman–Crippen LogP) is 2.85. The fourth-order valence-corrected chi connectivity index (χ4v) is 2.87. The second kappa shape index (κ2) is 7.45. The van der Waals surface area contributed by atoms with Crippen molar-refractivity contribution >= 4 is 52.2 Å². The van der Waals surface area contributed by atoms with Crippen molar-refractivity contribution in [2.75, 3.05) is 13.2 Å². The van der Waals surface area contributed by atoms with Crippen molar-refractivity contribution in [3.63, 3.8) is 0 Å². The second-order valence-corrected chi connectivity index (χ2v) is 5.94. The van der Waals surface area contributed by atoms with Gasteiger partial charge in [-0.3, -0.25) is 29.4 Å². The van der Waals surface area contributed by atoms with E-state index < -0.39 is 28.6 Å². The van der Waals surface area contributed by atoms with Crippen LogP contribution in [0, 0.1) is 10.1 Å². The Morgan fingerprint density at radius 2 is 2.17 bits per heavy atom. The molecule has 0 bridgehead atoms. The Morgan fingerprint density at radius 1 is 1.46 bits per heavy atom. The summed E-state index contributed by atoms with van der Waals surface area (Å²) in [7, 11) is 0. The van der Waals surface area contributed by atoms with Gasteiger partial charge in [-0.05, 0) is 30.8 Å². The van der Waals surface area contributed by atoms with Gasteiger partial charge in [-0.1, -0.05) is 11.6 Å². The Hall–Kier alpha value is -2.39. The van der Waals surface area contributed by atoms with Gasteiger partial charge in [-0.15, -0.1) is 0 Å². The molecule has 126 valence electrons. The fourth-order valence-electron chi connectivity index (χ4n) is 1.87. The molecule has 2 amide bonds. The van der Waals surface area contributed by atoms with Crippen LogP contribution in [0.15, 0.2) is 23.1 Å². The number of benzene rings is 1. The molecular formula is C14H11ClN2O6S. The van der Waals surface area contributed by atoms with Crippen LogP contribution < -0.4 is 0 Å². The van der Waals surface area contributed by atoms with Gasteiger partial charge in [0.15, 0.2) is 0 Å². The maximum Gasteiger partial charge on any atom is 0.326 e. The molecule has 2 rings (SSSR count). The number of carbonyl (C=O) groups excluding carboxylic acids is 3. The number of imide groups is 1. The van der Waals surface area contributed by atoms with Crippen molar-refractivity contribution in [1.82, 2.24) is 4.90 Å². The van der Waals surface area contributed by atoms with Crippen molar-refractivity contribution in [3.05, 3.63) is 43.8 Å². The first-order valence-electron chi connectivity index (χ1n) is 6.68. The number of nitrogens with zero attached hydrogens (tertiary/aromatic N) is 2. The van der Waals surface area contributed by atoms with Crippen molar-refractivity contribution in [1.29, 1.82) is 0 Å². The molecule has 1 aliphatic heterocycles. The highest BCUT2D eigenvalue weighted by atomic mass is 35.5. The minimum atomic E-state index is -0.700. The van der Waals surface area contributed by atoms with Gasteiger partial charge in [-0.2, -0.15) is 0 Å². The molecule has 0 radical (unpaired) electrons. The zero-order valence-electron chi connectivity index (χ0n) is 12.4. The van der Waals surface area contributed by atoms with E-state index in [1.54, 1.807) is 6.92 Å². The zero-order valence-corrected chi connectivity index (χ0v) is 13.9. The van der Waals surface area contributed by atoms with Crippen LogP contribution in [0.4, 0.5) is 10.5 Å². The van der Waals surface area contributed by atoms with Gasteiger partial charge in [0, 0.05) is 22.7 Å². The third kappa shape index (κ3) is 3.92. The van der Waals surface area contributed by atoms with Crippen LogP contribution in [0.3, 0.4) is 0 Å². The summed E-state index contributed by atoms with van der Waals surface area (Å²) in [6, 6.07) is 3.75. The van der Waals surface area contributed by atoms with E-state index in [0.29, 0.717) is 11.8 Å². The molecule has 0 N–H and O–H groups in total. The molecule has 0 spiro atoms. The molecule has 8 nitrogen and oxygen atoms in total. The highest BCUT2D eigenvalue weighted by Crippen LogP contribution is 2.34. The van der Waals surface area contributed by atoms with E-state index in [1.165, 1.54) is 24.3 Å². The summed E-state index contributed by atoms with van der Waals surface area (Å²) in [6.07, 6.45) is 1.28. The Labute approximate surface area is 145 Å². The van der Waals surface area contributed by atoms with E-state index in [-0.39, 0.29) is 27.8 Å². The highest BCUT2D eigenvalue weighted by Gasteiger charge is 2.36. The maximum atomic E-state index is 12.2. The van der Waals surface area contributed by atoms with Crippen molar-refractivity contribution in [2.45, 2.75) is 6.92 Å². The fraction of sp³-hybridized carbons (Fsp3) is 0.214. The van der Waals surface area contributed by atoms with E-state index in [1.807, 2.05) is 0 Å². The number of nitro groups is 1. The van der Waals surface area contributed by atoms with Crippen LogP contribution in [0.5, 0.6) is 0 Å². The molecule has 0 aromatic heterocycles. The largest absolute Gasteiger partial charge is 0.465 e. The van der Waals surface area contributed by atoms with Crippen LogP contribution in [0.25, 0.3) is 6.08 Å². The number of thioether (sulfide) groups is 1. The molecule has 1 saturated heterocycles. The third-order valence-corrected chi connectivity index (χ3v) is 4.19. The number of non-ortho nitro benzene ring substituents is 1. The van der Waals surface area contributed by atoms with Crippen LogP contribution in [0.2, 0.25) is 5.02 Å². The van der Waals surface area contributed by atoms with Gasteiger partial charge in [0.05, 0.1) is 16.4 Å². The lowest BCUT2D eigenvalue weighted by Gasteiger charge is -2.10. The number of esters is 1. The molecule has 1 aromatic carbocycles. The van der Waals surface area contributed by atoms with E-state index >= 15 is 0 Å². The minimum absolute atomic E-state index is 0.0201. The Kier molecular flexibility index (Phi) is 5.58. The lowest BCUT2D eigenvalue weighted by Crippen LogP contribution is -2.34. The second-order valence-electron chi connectivity index (χ2n) is 4.54. The number of hydrogen-bond acceptors (Lipinski definition) is 7. The number of nitro benzene ring substituents is 1. The first-order valence-corrected chi connectivity index (χ1v) is 7.88. The monoisotopic (exact) mass is 370 g/mol. The lowest BCUT2D eigenvalue weighted by atomic mass is 10.2. The van der Waals surface area contributed by atoms with Crippen LogP contribution in [-0.2, 0) is 14.3 Å². The number of hydrogen-bond donors (Lipinski definition) is 0. The molecule has 10 heteroatoms. The summed E-state index contributed by atoms with van der Waals surface area (Å²) in [5, 5.41) is 10.4. The Balaban J connectivity index is 2.27. The number of carbonyl (C=O) groups is 3. The van der Waals surface area contributed by atoms with Crippen LogP contribution in [0.1, 0.15) is 12.5 Å². The van der Waals surface area contributed by atoms with Crippen LogP contribution >= 0.6 is 23.4 Å². The molecule has 1 aliphatic rings. The standard InChI is InChI=1S/C14H11ClN2O6S/c1-2-23-12(18)7-16-13(19)11(24-14(16)20)6-8-5-9(17(21)22)3-4-10(8)15/h3-6H,2,7H2,1H3/b11-6+. The molecular weight excluding hydrogens is 360 g/mol. The lowest BCUT2D eigenvalue weighted by molar-refractivity contribution is -0.384. The quantitative estimate of drug-likeness (QED) is 0.339. The van der Waals surface area contributed by atoms with E-state index in [0.717, 1.165) is 4.90 Å². The molecule has 1 aromatic rings. The third-order valence-electron chi connectivity index (χ3n) is 2.94. The van der Waals surface area contributed by atoms with Gasteiger partial charge in [0.2, 0.25) is 0 Å². The molecule has 0 unspecified atom stereocenters. The van der Waals surface area contributed by atoms with Gasteiger partial charge >= 0.3 is 5.97 Å². The normalized spacial score (nSPS) is 15.9. The topological polar surface area (TPSA) is 107 Å².